The zero-order valence-electron chi connectivity index (χ0n) is 14.4. The second-order valence-electron chi connectivity index (χ2n) is 6.60. The van der Waals surface area contributed by atoms with Gasteiger partial charge in [0.2, 0.25) is 0 Å². The molecular formula is C20H21ClN4. The van der Waals surface area contributed by atoms with E-state index in [1.807, 2.05) is 24.4 Å². The van der Waals surface area contributed by atoms with Crippen molar-refractivity contribution in [2.75, 3.05) is 6.54 Å². The number of fused-ring (bicyclic) bond motifs is 2. The van der Waals surface area contributed by atoms with Gasteiger partial charge < -0.3 is 0 Å². The van der Waals surface area contributed by atoms with Crippen LogP contribution in [0.1, 0.15) is 36.0 Å². The lowest BCUT2D eigenvalue weighted by molar-refractivity contribution is 0.242. The summed E-state index contributed by atoms with van der Waals surface area (Å²) < 4.78 is 0. The standard InChI is InChI=1S/C20H21ClN4/c1-2-5-19-22-11-16-13-25(9-8-18(16)23-19)12-15-10-14-6-3-4-7-17(14)24-20(15)21/h3-4,6-7,10-11H,2,5,8-9,12-13H2,1H3. The van der Waals surface area contributed by atoms with Crippen LogP contribution in [-0.2, 0) is 25.9 Å². The van der Waals surface area contributed by atoms with Crippen molar-refractivity contribution in [2.45, 2.75) is 39.3 Å². The third kappa shape index (κ3) is 3.51. The molecule has 0 saturated heterocycles. The number of nitrogens with zero attached hydrogens (tertiary/aromatic N) is 4. The Labute approximate surface area is 152 Å². The Kier molecular flexibility index (Phi) is 4.64. The summed E-state index contributed by atoms with van der Waals surface area (Å²) in [7, 11) is 0. The van der Waals surface area contributed by atoms with E-state index in [1.54, 1.807) is 0 Å². The molecule has 5 heteroatoms. The van der Waals surface area contributed by atoms with E-state index in [2.05, 4.69) is 33.9 Å². The number of para-hydroxylation sites is 1. The number of halogens is 1. The summed E-state index contributed by atoms with van der Waals surface area (Å²) in [4.78, 5) is 16.2. The fourth-order valence-electron chi connectivity index (χ4n) is 3.38. The van der Waals surface area contributed by atoms with Gasteiger partial charge in [-0.25, -0.2) is 15.0 Å². The van der Waals surface area contributed by atoms with E-state index in [-0.39, 0.29) is 0 Å². The average molecular weight is 353 g/mol. The highest BCUT2D eigenvalue weighted by Crippen LogP contribution is 2.24. The number of benzene rings is 1. The fourth-order valence-corrected chi connectivity index (χ4v) is 3.59. The first-order valence-electron chi connectivity index (χ1n) is 8.83. The first-order valence-corrected chi connectivity index (χ1v) is 9.21. The molecule has 25 heavy (non-hydrogen) atoms. The lowest BCUT2D eigenvalue weighted by Crippen LogP contribution is -2.31. The van der Waals surface area contributed by atoms with Crippen LogP contribution in [-0.4, -0.2) is 26.4 Å². The summed E-state index contributed by atoms with van der Waals surface area (Å²) in [6.45, 7) is 4.81. The van der Waals surface area contributed by atoms with Crippen LogP contribution in [0.4, 0.5) is 0 Å². The minimum Gasteiger partial charge on any atom is -0.294 e. The van der Waals surface area contributed by atoms with Crippen LogP contribution < -0.4 is 0 Å². The summed E-state index contributed by atoms with van der Waals surface area (Å²) in [5.41, 5.74) is 4.46. The molecule has 3 heterocycles. The van der Waals surface area contributed by atoms with Gasteiger partial charge in [-0.2, -0.15) is 0 Å². The molecule has 0 amide bonds. The smallest absolute Gasteiger partial charge is 0.134 e. The molecule has 2 aromatic heterocycles. The SMILES string of the molecule is CCCc1ncc2c(n1)CCN(Cc1cc3ccccc3nc1Cl)C2. The van der Waals surface area contributed by atoms with Crippen LogP contribution in [0.3, 0.4) is 0 Å². The van der Waals surface area contributed by atoms with Gasteiger partial charge in [0.1, 0.15) is 11.0 Å². The Morgan fingerprint density at radius 2 is 2.08 bits per heavy atom. The predicted molar refractivity (Wildman–Crippen MR) is 101 cm³/mol. The Balaban J connectivity index is 1.53. The molecule has 1 aromatic carbocycles. The van der Waals surface area contributed by atoms with Gasteiger partial charge in [-0.3, -0.25) is 4.90 Å². The molecule has 1 aliphatic rings. The molecule has 0 atom stereocenters. The van der Waals surface area contributed by atoms with Crippen LogP contribution >= 0.6 is 11.6 Å². The molecule has 4 rings (SSSR count). The fraction of sp³-hybridized carbons (Fsp3) is 0.350. The number of rotatable bonds is 4. The van der Waals surface area contributed by atoms with E-state index in [1.165, 1.54) is 11.3 Å². The van der Waals surface area contributed by atoms with Gasteiger partial charge in [0.15, 0.2) is 0 Å². The largest absolute Gasteiger partial charge is 0.294 e. The minimum absolute atomic E-state index is 0.596. The van der Waals surface area contributed by atoms with Gasteiger partial charge in [-0.1, -0.05) is 36.7 Å². The van der Waals surface area contributed by atoms with Crippen LogP contribution in [0.15, 0.2) is 36.5 Å². The zero-order valence-corrected chi connectivity index (χ0v) is 15.1. The first kappa shape index (κ1) is 16.4. The molecule has 3 aromatic rings. The van der Waals surface area contributed by atoms with Crippen molar-refractivity contribution in [3.05, 3.63) is 64.3 Å². The van der Waals surface area contributed by atoms with Crippen LogP contribution in [0, 0.1) is 0 Å². The van der Waals surface area contributed by atoms with Crippen LogP contribution in [0.5, 0.6) is 0 Å². The number of pyridine rings is 1. The lowest BCUT2D eigenvalue weighted by Gasteiger charge is -2.28. The molecule has 0 fully saturated rings. The topological polar surface area (TPSA) is 41.9 Å². The maximum absolute atomic E-state index is 6.42. The Morgan fingerprint density at radius 3 is 2.96 bits per heavy atom. The maximum Gasteiger partial charge on any atom is 0.134 e. The average Bonchev–Trinajstić information content (AvgIpc) is 2.63. The third-order valence-electron chi connectivity index (χ3n) is 4.68. The summed E-state index contributed by atoms with van der Waals surface area (Å²) in [6, 6.07) is 10.2. The van der Waals surface area contributed by atoms with Crippen molar-refractivity contribution in [2.24, 2.45) is 0 Å². The van der Waals surface area contributed by atoms with Gasteiger partial charge in [0.25, 0.3) is 0 Å². The van der Waals surface area contributed by atoms with Gasteiger partial charge in [0.05, 0.1) is 5.52 Å². The number of aromatic nitrogens is 3. The van der Waals surface area contributed by atoms with Crippen molar-refractivity contribution in [3.8, 4) is 0 Å². The monoisotopic (exact) mass is 352 g/mol. The number of aryl methyl sites for hydroxylation is 1. The van der Waals surface area contributed by atoms with E-state index in [0.29, 0.717) is 5.15 Å². The molecule has 0 N–H and O–H groups in total. The summed E-state index contributed by atoms with van der Waals surface area (Å²) in [6.07, 6.45) is 5.00. The molecule has 0 unspecified atom stereocenters. The van der Waals surface area contributed by atoms with Crippen molar-refractivity contribution in [1.82, 2.24) is 19.9 Å². The van der Waals surface area contributed by atoms with Crippen molar-refractivity contribution in [3.63, 3.8) is 0 Å². The van der Waals surface area contributed by atoms with Gasteiger partial charge in [-0.15, -0.1) is 0 Å². The summed E-state index contributed by atoms with van der Waals surface area (Å²) in [5, 5.41) is 1.73. The highest BCUT2D eigenvalue weighted by Gasteiger charge is 2.19. The number of hydrogen-bond donors (Lipinski definition) is 0. The number of hydrogen-bond acceptors (Lipinski definition) is 4. The summed E-state index contributed by atoms with van der Waals surface area (Å²) >= 11 is 6.42. The van der Waals surface area contributed by atoms with Crippen molar-refractivity contribution < 1.29 is 0 Å². The molecule has 0 radical (unpaired) electrons. The summed E-state index contributed by atoms with van der Waals surface area (Å²) in [5.74, 6) is 0.969. The van der Waals surface area contributed by atoms with E-state index in [4.69, 9.17) is 16.6 Å². The van der Waals surface area contributed by atoms with E-state index >= 15 is 0 Å². The first-order chi connectivity index (χ1) is 12.2. The Morgan fingerprint density at radius 1 is 1.20 bits per heavy atom. The Hall–Kier alpha value is -2.04. The van der Waals surface area contributed by atoms with E-state index < -0.39 is 0 Å². The van der Waals surface area contributed by atoms with E-state index in [0.717, 1.165) is 61.2 Å². The zero-order chi connectivity index (χ0) is 17.2. The molecule has 1 aliphatic heterocycles. The van der Waals surface area contributed by atoms with Crippen LogP contribution in [0.25, 0.3) is 10.9 Å². The molecule has 0 saturated carbocycles. The van der Waals surface area contributed by atoms with Gasteiger partial charge >= 0.3 is 0 Å². The second-order valence-corrected chi connectivity index (χ2v) is 6.96. The van der Waals surface area contributed by atoms with Crippen molar-refractivity contribution >= 4 is 22.5 Å². The third-order valence-corrected chi connectivity index (χ3v) is 5.01. The molecule has 0 spiro atoms. The van der Waals surface area contributed by atoms with Gasteiger partial charge in [0, 0.05) is 60.9 Å². The lowest BCUT2D eigenvalue weighted by atomic mass is 10.1. The minimum atomic E-state index is 0.596. The highest BCUT2D eigenvalue weighted by molar-refractivity contribution is 6.30. The molecule has 0 aliphatic carbocycles. The van der Waals surface area contributed by atoms with Crippen molar-refractivity contribution in [1.29, 1.82) is 0 Å². The molecular weight excluding hydrogens is 332 g/mol. The quantitative estimate of drug-likeness (QED) is 0.660. The second kappa shape index (κ2) is 7.06. The molecule has 0 bridgehead atoms. The molecule has 4 nitrogen and oxygen atoms in total. The van der Waals surface area contributed by atoms with Gasteiger partial charge in [-0.05, 0) is 18.6 Å². The normalized spacial score (nSPS) is 14.6. The molecule has 128 valence electrons. The maximum atomic E-state index is 6.42. The van der Waals surface area contributed by atoms with Crippen LogP contribution in [0.2, 0.25) is 5.15 Å². The predicted octanol–water partition coefficient (Wildman–Crippen LogP) is 4.19. The highest BCUT2D eigenvalue weighted by atomic mass is 35.5. The Bertz CT molecular complexity index is 909. The van der Waals surface area contributed by atoms with E-state index in [9.17, 15) is 0 Å².